The van der Waals surface area contributed by atoms with Gasteiger partial charge in [0.2, 0.25) is 0 Å². The maximum atomic E-state index is 12.0. The number of aliphatic carboxylic acids is 1. The van der Waals surface area contributed by atoms with Crippen molar-refractivity contribution in [3.63, 3.8) is 0 Å². The molecule has 0 aliphatic carbocycles. The molecule has 1 aromatic carbocycles. The molecule has 6 heteroatoms. The van der Waals surface area contributed by atoms with E-state index in [1.807, 2.05) is 30.3 Å². The van der Waals surface area contributed by atoms with Gasteiger partial charge in [-0.25, -0.2) is 10.2 Å². The Kier molecular flexibility index (Phi) is 5.72. The van der Waals surface area contributed by atoms with E-state index in [1.54, 1.807) is 20.8 Å². The maximum absolute atomic E-state index is 12.0. The summed E-state index contributed by atoms with van der Waals surface area (Å²) in [5.41, 5.74) is 3.18. The number of amides is 2. The average molecular weight is 293 g/mol. The quantitative estimate of drug-likeness (QED) is 0.723. The summed E-state index contributed by atoms with van der Waals surface area (Å²) < 4.78 is 0. The van der Waals surface area contributed by atoms with Gasteiger partial charge in [-0.15, -0.1) is 0 Å². The fourth-order valence-corrected chi connectivity index (χ4v) is 1.76. The van der Waals surface area contributed by atoms with Crippen LogP contribution in [0.3, 0.4) is 0 Å². The van der Waals surface area contributed by atoms with Crippen molar-refractivity contribution in [3.05, 3.63) is 35.9 Å². The van der Waals surface area contributed by atoms with Crippen LogP contribution in [-0.2, 0) is 11.3 Å². The number of nitrogens with zero attached hydrogens (tertiary/aromatic N) is 1. The standard InChI is InChI=1S/C15H23N3O3/c1-15(2,3)12(13(19)20)17-18(4)14(21)16-10-11-8-6-5-7-9-11/h5-9,12,17H,10H2,1-4H3,(H,16,21)(H,19,20). The minimum Gasteiger partial charge on any atom is -0.480 e. The highest BCUT2D eigenvalue weighted by Gasteiger charge is 2.32. The second-order valence-corrected chi connectivity index (χ2v) is 5.97. The molecule has 1 unspecified atom stereocenters. The first-order valence-electron chi connectivity index (χ1n) is 6.76. The lowest BCUT2D eigenvalue weighted by Gasteiger charge is -2.31. The highest BCUT2D eigenvalue weighted by Crippen LogP contribution is 2.19. The summed E-state index contributed by atoms with van der Waals surface area (Å²) in [6.07, 6.45) is 0. The topological polar surface area (TPSA) is 81.7 Å². The van der Waals surface area contributed by atoms with Gasteiger partial charge < -0.3 is 10.4 Å². The zero-order chi connectivity index (χ0) is 16.0. The first-order valence-corrected chi connectivity index (χ1v) is 6.76. The maximum Gasteiger partial charge on any atom is 0.331 e. The van der Waals surface area contributed by atoms with Crippen molar-refractivity contribution in [2.75, 3.05) is 7.05 Å². The van der Waals surface area contributed by atoms with Crippen LogP contribution in [0.5, 0.6) is 0 Å². The van der Waals surface area contributed by atoms with Gasteiger partial charge in [0.25, 0.3) is 0 Å². The molecule has 0 spiro atoms. The Morgan fingerprint density at radius 1 is 1.24 bits per heavy atom. The Morgan fingerprint density at radius 2 is 1.81 bits per heavy atom. The van der Waals surface area contributed by atoms with Crippen LogP contribution < -0.4 is 10.7 Å². The van der Waals surface area contributed by atoms with Crippen molar-refractivity contribution < 1.29 is 14.7 Å². The lowest BCUT2D eigenvalue weighted by Crippen LogP contribution is -2.56. The predicted octanol–water partition coefficient (Wildman–Crippen LogP) is 1.83. The predicted molar refractivity (Wildman–Crippen MR) is 80.5 cm³/mol. The average Bonchev–Trinajstić information content (AvgIpc) is 2.41. The highest BCUT2D eigenvalue weighted by atomic mass is 16.4. The molecule has 0 saturated carbocycles. The molecule has 3 N–H and O–H groups in total. The third-order valence-electron chi connectivity index (χ3n) is 3.03. The van der Waals surface area contributed by atoms with Crippen LogP contribution in [0.4, 0.5) is 4.79 Å². The third-order valence-corrected chi connectivity index (χ3v) is 3.03. The van der Waals surface area contributed by atoms with Gasteiger partial charge in [-0.05, 0) is 11.0 Å². The van der Waals surface area contributed by atoms with Crippen molar-refractivity contribution in [2.45, 2.75) is 33.4 Å². The van der Waals surface area contributed by atoms with Gasteiger partial charge in [0.15, 0.2) is 0 Å². The number of carboxylic acid groups (broad SMARTS) is 1. The largest absolute Gasteiger partial charge is 0.480 e. The minimum atomic E-state index is -0.995. The second-order valence-electron chi connectivity index (χ2n) is 5.97. The molecule has 0 aliphatic rings. The van der Waals surface area contributed by atoms with Gasteiger partial charge in [-0.2, -0.15) is 0 Å². The number of hydrogen-bond donors (Lipinski definition) is 3. The fourth-order valence-electron chi connectivity index (χ4n) is 1.76. The molecule has 0 fully saturated rings. The van der Waals surface area contributed by atoms with E-state index in [4.69, 9.17) is 0 Å². The lowest BCUT2D eigenvalue weighted by atomic mass is 9.87. The summed E-state index contributed by atoms with van der Waals surface area (Å²) in [6.45, 7) is 5.79. The van der Waals surface area contributed by atoms with Crippen LogP contribution >= 0.6 is 0 Å². The number of urea groups is 1. The summed E-state index contributed by atoms with van der Waals surface area (Å²) in [5.74, 6) is -0.995. The third kappa shape index (κ3) is 5.43. The molecule has 0 bridgehead atoms. The molecule has 1 rings (SSSR count). The number of carboxylic acids is 1. The molecule has 1 atom stereocenters. The van der Waals surface area contributed by atoms with Gasteiger partial charge in [-0.1, -0.05) is 51.1 Å². The molecular weight excluding hydrogens is 270 g/mol. The Bertz CT molecular complexity index is 483. The summed E-state index contributed by atoms with van der Waals surface area (Å²) in [5, 5.41) is 13.1. The smallest absolute Gasteiger partial charge is 0.331 e. The molecular formula is C15H23N3O3. The van der Waals surface area contributed by atoms with E-state index in [-0.39, 0.29) is 6.03 Å². The van der Waals surface area contributed by atoms with Gasteiger partial charge in [0.1, 0.15) is 6.04 Å². The number of benzene rings is 1. The van der Waals surface area contributed by atoms with Crippen molar-refractivity contribution in [2.24, 2.45) is 5.41 Å². The molecule has 21 heavy (non-hydrogen) atoms. The van der Waals surface area contributed by atoms with Crippen LogP contribution in [0, 0.1) is 5.41 Å². The highest BCUT2D eigenvalue weighted by molar-refractivity contribution is 5.77. The molecule has 0 aliphatic heterocycles. The molecule has 116 valence electrons. The summed E-state index contributed by atoms with van der Waals surface area (Å²) in [4.78, 5) is 23.2. The van der Waals surface area contributed by atoms with Gasteiger partial charge in [-0.3, -0.25) is 9.80 Å². The van der Waals surface area contributed by atoms with E-state index in [1.165, 1.54) is 12.1 Å². The Labute approximate surface area is 125 Å². The number of carbonyl (C=O) groups is 2. The SMILES string of the molecule is CN(NC(C(=O)O)C(C)(C)C)C(=O)NCc1ccccc1. The van der Waals surface area contributed by atoms with E-state index in [9.17, 15) is 14.7 Å². The van der Waals surface area contributed by atoms with Crippen LogP contribution in [0.15, 0.2) is 30.3 Å². The van der Waals surface area contributed by atoms with Crippen LogP contribution in [-0.4, -0.2) is 35.2 Å². The molecule has 2 amide bonds. The summed E-state index contributed by atoms with van der Waals surface area (Å²) >= 11 is 0. The number of hydrazine groups is 1. The molecule has 0 radical (unpaired) electrons. The molecule has 0 saturated heterocycles. The minimum absolute atomic E-state index is 0.380. The first kappa shape index (κ1) is 17.0. The number of rotatable bonds is 5. The summed E-state index contributed by atoms with van der Waals surface area (Å²) in [6, 6.07) is 8.26. The van der Waals surface area contributed by atoms with Crippen molar-refractivity contribution in [3.8, 4) is 0 Å². The summed E-state index contributed by atoms with van der Waals surface area (Å²) in [7, 11) is 1.50. The number of carbonyl (C=O) groups excluding carboxylic acids is 1. The van der Waals surface area contributed by atoms with E-state index in [0.29, 0.717) is 6.54 Å². The van der Waals surface area contributed by atoms with E-state index in [0.717, 1.165) is 5.56 Å². The first-order chi connectivity index (χ1) is 9.71. The van der Waals surface area contributed by atoms with Crippen LogP contribution in [0.2, 0.25) is 0 Å². The van der Waals surface area contributed by atoms with E-state index >= 15 is 0 Å². The molecule has 0 aromatic heterocycles. The van der Waals surface area contributed by atoms with Crippen molar-refractivity contribution in [1.29, 1.82) is 0 Å². The normalized spacial score (nSPS) is 12.6. The van der Waals surface area contributed by atoms with Crippen LogP contribution in [0.1, 0.15) is 26.3 Å². The van der Waals surface area contributed by atoms with Crippen molar-refractivity contribution in [1.82, 2.24) is 15.8 Å². The zero-order valence-electron chi connectivity index (χ0n) is 12.9. The monoisotopic (exact) mass is 293 g/mol. The van der Waals surface area contributed by atoms with Gasteiger partial charge in [0.05, 0.1) is 0 Å². The second kappa shape index (κ2) is 7.08. The molecule has 0 heterocycles. The van der Waals surface area contributed by atoms with Gasteiger partial charge in [0, 0.05) is 13.6 Å². The Morgan fingerprint density at radius 3 is 2.29 bits per heavy atom. The van der Waals surface area contributed by atoms with E-state index < -0.39 is 17.4 Å². The Hall–Kier alpha value is -2.08. The van der Waals surface area contributed by atoms with E-state index in [2.05, 4.69) is 10.7 Å². The Balaban J connectivity index is 2.56. The number of hydrogen-bond acceptors (Lipinski definition) is 3. The van der Waals surface area contributed by atoms with Gasteiger partial charge >= 0.3 is 12.0 Å². The zero-order valence-corrected chi connectivity index (χ0v) is 12.9. The fraction of sp³-hybridized carbons (Fsp3) is 0.467. The van der Waals surface area contributed by atoms with Crippen LogP contribution in [0.25, 0.3) is 0 Å². The van der Waals surface area contributed by atoms with Crippen molar-refractivity contribution >= 4 is 12.0 Å². The number of nitrogens with one attached hydrogen (secondary N) is 2. The molecule has 6 nitrogen and oxygen atoms in total. The molecule has 1 aromatic rings. The lowest BCUT2D eigenvalue weighted by molar-refractivity contribution is -0.143.